The number of aromatic hydroxyl groups is 1. The molecule has 0 aliphatic carbocycles. The summed E-state index contributed by atoms with van der Waals surface area (Å²) in [4.78, 5) is 6.60. The van der Waals surface area contributed by atoms with Gasteiger partial charge in [0.15, 0.2) is 0 Å². The van der Waals surface area contributed by atoms with Gasteiger partial charge in [-0.2, -0.15) is 0 Å². The van der Waals surface area contributed by atoms with Gasteiger partial charge in [-0.3, -0.25) is 4.98 Å². The summed E-state index contributed by atoms with van der Waals surface area (Å²) >= 11 is 0. The molecule has 0 spiro atoms. The first-order valence-corrected chi connectivity index (χ1v) is 3.81. The van der Waals surface area contributed by atoms with E-state index in [0.29, 0.717) is 5.69 Å². The van der Waals surface area contributed by atoms with E-state index in [0.717, 1.165) is 11.1 Å². The molecule has 1 aromatic rings. The number of azide groups is 1. The number of aryl methyl sites for hydroxylation is 1. The van der Waals surface area contributed by atoms with E-state index in [1.54, 1.807) is 20.0 Å². The Morgan fingerprint density at radius 3 is 2.92 bits per heavy atom. The lowest BCUT2D eigenvalue weighted by atomic mass is 10.1. The van der Waals surface area contributed by atoms with Gasteiger partial charge in [0.05, 0.1) is 12.2 Å². The van der Waals surface area contributed by atoms with Gasteiger partial charge >= 0.3 is 0 Å². The highest BCUT2D eigenvalue weighted by Gasteiger charge is 2.05. The smallest absolute Gasteiger partial charge is 0.139 e. The Hall–Kier alpha value is -1.74. The molecule has 0 atom stereocenters. The Morgan fingerprint density at radius 1 is 1.62 bits per heavy atom. The van der Waals surface area contributed by atoms with E-state index in [-0.39, 0.29) is 12.3 Å². The predicted molar refractivity (Wildman–Crippen MR) is 48.2 cm³/mol. The molecule has 0 aliphatic rings. The van der Waals surface area contributed by atoms with Gasteiger partial charge in [-0.1, -0.05) is 5.11 Å². The van der Waals surface area contributed by atoms with Crippen LogP contribution in [0, 0.1) is 13.8 Å². The second kappa shape index (κ2) is 3.78. The standard InChI is InChI=1S/C8H10N4O/c1-5-7(4-11-12-9)3-10-6(2)8(5)13/h3,13H,4H2,1-2H3. The van der Waals surface area contributed by atoms with Crippen LogP contribution < -0.4 is 0 Å². The molecule has 0 unspecified atom stereocenters. The number of rotatable bonds is 2. The quantitative estimate of drug-likeness (QED) is 0.428. The summed E-state index contributed by atoms with van der Waals surface area (Å²) in [5, 5.41) is 12.9. The summed E-state index contributed by atoms with van der Waals surface area (Å²) in [6.07, 6.45) is 1.61. The first-order chi connectivity index (χ1) is 6.16. The molecule has 0 saturated heterocycles. The van der Waals surface area contributed by atoms with Gasteiger partial charge < -0.3 is 5.11 Å². The summed E-state index contributed by atoms with van der Waals surface area (Å²) in [5.74, 6) is 0.172. The molecule has 0 bridgehead atoms. The Kier molecular flexibility index (Phi) is 2.72. The van der Waals surface area contributed by atoms with Crippen LogP contribution in [0.25, 0.3) is 10.4 Å². The third-order valence-electron chi connectivity index (χ3n) is 1.90. The molecule has 1 N–H and O–H groups in total. The predicted octanol–water partition coefficient (Wildman–Crippen LogP) is 2.21. The van der Waals surface area contributed by atoms with Crippen LogP contribution in [-0.4, -0.2) is 10.1 Å². The van der Waals surface area contributed by atoms with Gasteiger partial charge in [0, 0.05) is 11.1 Å². The monoisotopic (exact) mass is 178 g/mol. The number of hydrogen-bond acceptors (Lipinski definition) is 3. The van der Waals surface area contributed by atoms with Crippen molar-refractivity contribution in [3.63, 3.8) is 0 Å². The van der Waals surface area contributed by atoms with Crippen LogP contribution in [0.5, 0.6) is 5.75 Å². The zero-order chi connectivity index (χ0) is 9.84. The minimum Gasteiger partial charge on any atom is -0.506 e. The van der Waals surface area contributed by atoms with Crippen molar-refractivity contribution in [1.29, 1.82) is 0 Å². The SMILES string of the molecule is Cc1ncc(CN=[N+]=[N-])c(C)c1O. The van der Waals surface area contributed by atoms with E-state index in [2.05, 4.69) is 15.0 Å². The summed E-state index contributed by atoms with van der Waals surface area (Å²) in [5.41, 5.74) is 10.2. The highest BCUT2D eigenvalue weighted by Crippen LogP contribution is 2.22. The molecule has 1 heterocycles. The maximum absolute atomic E-state index is 9.49. The fourth-order valence-electron chi connectivity index (χ4n) is 1.02. The van der Waals surface area contributed by atoms with Gasteiger partial charge in [-0.05, 0) is 30.5 Å². The van der Waals surface area contributed by atoms with E-state index >= 15 is 0 Å². The molecule has 1 aromatic heterocycles. The molecule has 0 fully saturated rings. The fraction of sp³-hybridized carbons (Fsp3) is 0.375. The molecular weight excluding hydrogens is 168 g/mol. The van der Waals surface area contributed by atoms with E-state index in [9.17, 15) is 5.11 Å². The lowest BCUT2D eigenvalue weighted by molar-refractivity contribution is 0.462. The molecule has 1 rings (SSSR count). The van der Waals surface area contributed by atoms with Crippen LogP contribution >= 0.6 is 0 Å². The zero-order valence-electron chi connectivity index (χ0n) is 7.52. The maximum Gasteiger partial charge on any atom is 0.139 e. The largest absolute Gasteiger partial charge is 0.506 e. The number of hydrogen-bond donors (Lipinski definition) is 1. The third kappa shape index (κ3) is 1.89. The second-order valence-electron chi connectivity index (χ2n) is 2.73. The van der Waals surface area contributed by atoms with Gasteiger partial charge in [0.25, 0.3) is 0 Å². The summed E-state index contributed by atoms with van der Waals surface area (Å²) in [7, 11) is 0. The molecule has 0 amide bonds. The lowest BCUT2D eigenvalue weighted by Gasteiger charge is -2.05. The van der Waals surface area contributed by atoms with Crippen molar-refractivity contribution < 1.29 is 5.11 Å². The normalized spacial score (nSPS) is 9.38. The van der Waals surface area contributed by atoms with E-state index in [1.165, 1.54) is 0 Å². The highest BCUT2D eigenvalue weighted by molar-refractivity contribution is 5.39. The summed E-state index contributed by atoms with van der Waals surface area (Å²) in [6, 6.07) is 0. The minimum absolute atomic E-state index is 0.172. The van der Waals surface area contributed by atoms with E-state index < -0.39 is 0 Å². The highest BCUT2D eigenvalue weighted by atomic mass is 16.3. The third-order valence-corrected chi connectivity index (χ3v) is 1.90. The summed E-state index contributed by atoms with van der Waals surface area (Å²) < 4.78 is 0. The molecule has 0 aliphatic heterocycles. The van der Waals surface area contributed by atoms with Gasteiger partial charge in [-0.25, -0.2) is 0 Å². The van der Waals surface area contributed by atoms with Crippen molar-refractivity contribution >= 4 is 0 Å². The van der Waals surface area contributed by atoms with E-state index in [4.69, 9.17) is 5.53 Å². The number of aromatic nitrogens is 1. The lowest BCUT2D eigenvalue weighted by Crippen LogP contribution is -1.92. The molecule has 5 nitrogen and oxygen atoms in total. The van der Waals surface area contributed by atoms with Gasteiger partial charge in [0.1, 0.15) is 5.75 Å². The molecular formula is C8H10N4O. The van der Waals surface area contributed by atoms with Crippen LogP contribution in [0.1, 0.15) is 16.8 Å². The van der Waals surface area contributed by atoms with Crippen molar-refractivity contribution in [2.24, 2.45) is 5.11 Å². The average Bonchev–Trinajstić information content (AvgIpc) is 2.13. The van der Waals surface area contributed by atoms with Crippen LogP contribution in [0.3, 0.4) is 0 Å². The Morgan fingerprint density at radius 2 is 2.31 bits per heavy atom. The second-order valence-corrected chi connectivity index (χ2v) is 2.73. The van der Waals surface area contributed by atoms with Crippen molar-refractivity contribution in [2.75, 3.05) is 0 Å². The molecule has 0 aromatic carbocycles. The van der Waals surface area contributed by atoms with Crippen LogP contribution in [0.2, 0.25) is 0 Å². The molecule has 0 radical (unpaired) electrons. The van der Waals surface area contributed by atoms with Crippen molar-refractivity contribution in [3.8, 4) is 5.75 Å². The van der Waals surface area contributed by atoms with Gasteiger partial charge in [0.2, 0.25) is 0 Å². The Balaban J connectivity index is 3.10. The summed E-state index contributed by atoms with van der Waals surface area (Å²) in [6.45, 7) is 3.72. The topological polar surface area (TPSA) is 81.9 Å². The number of nitrogens with zero attached hydrogens (tertiary/aromatic N) is 4. The fourth-order valence-corrected chi connectivity index (χ4v) is 1.02. The van der Waals surface area contributed by atoms with Crippen molar-refractivity contribution in [2.45, 2.75) is 20.4 Å². The zero-order valence-corrected chi connectivity index (χ0v) is 7.52. The Bertz CT molecular complexity index is 369. The van der Waals surface area contributed by atoms with Crippen molar-refractivity contribution in [3.05, 3.63) is 33.5 Å². The number of pyridine rings is 1. The molecule has 13 heavy (non-hydrogen) atoms. The first kappa shape index (κ1) is 9.35. The van der Waals surface area contributed by atoms with Crippen molar-refractivity contribution in [1.82, 2.24) is 4.98 Å². The Labute approximate surface area is 75.7 Å². The van der Waals surface area contributed by atoms with Crippen LogP contribution in [-0.2, 0) is 6.54 Å². The molecule has 5 heteroatoms. The van der Waals surface area contributed by atoms with Crippen LogP contribution in [0.4, 0.5) is 0 Å². The van der Waals surface area contributed by atoms with Gasteiger partial charge in [-0.15, -0.1) is 0 Å². The average molecular weight is 178 g/mol. The van der Waals surface area contributed by atoms with Crippen LogP contribution in [0.15, 0.2) is 11.3 Å². The van der Waals surface area contributed by atoms with E-state index in [1.807, 2.05) is 0 Å². The maximum atomic E-state index is 9.49. The first-order valence-electron chi connectivity index (χ1n) is 3.81. The molecule has 68 valence electrons. The minimum atomic E-state index is 0.172. The molecule has 0 saturated carbocycles.